The summed E-state index contributed by atoms with van der Waals surface area (Å²) in [6.07, 6.45) is -2.41. The molecular formula is C12H9F3O3. The maximum Gasteiger partial charge on any atom is 0.417 e. The first-order chi connectivity index (χ1) is 8.38. The number of benzene rings is 1. The number of carbonyl (C=O) groups excluding carboxylic acids is 2. The SMILES string of the molecule is COC(=O)/C=C/c1ccc(C=O)cc1C(F)(F)F. The van der Waals surface area contributed by atoms with Crippen molar-refractivity contribution in [3.05, 3.63) is 41.0 Å². The third kappa shape index (κ3) is 3.44. The predicted molar refractivity (Wildman–Crippen MR) is 57.9 cm³/mol. The van der Waals surface area contributed by atoms with E-state index < -0.39 is 17.7 Å². The molecule has 6 heteroatoms. The highest BCUT2D eigenvalue weighted by Gasteiger charge is 2.33. The third-order valence-corrected chi connectivity index (χ3v) is 2.12. The van der Waals surface area contributed by atoms with Crippen LogP contribution in [0.1, 0.15) is 21.5 Å². The number of hydrogen-bond acceptors (Lipinski definition) is 3. The lowest BCUT2D eigenvalue weighted by atomic mass is 10.0. The molecular weight excluding hydrogens is 249 g/mol. The van der Waals surface area contributed by atoms with E-state index in [0.29, 0.717) is 6.29 Å². The summed E-state index contributed by atoms with van der Waals surface area (Å²) in [7, 11) is 1.12. The van der Waals surface area contributed by atoms with E-state index in [4.69, 9.17) is 0 Å². The molecule has 18 heavy (non-hydrogen) atoms. The summed E-state index contributed by atoms with van der Waals surface area (Å²) in [5, 5.41) is 0. The van der Waals surface area contributed by atoms with Gasteiger partial charge in [0, 0.05) is 11.6 Å². The first kappa shape index (κ1) is 14.0. The van der Waals surface area contributed by atoms with E-state index in [1.165, 1.54) is 6.07 Å². The Bertz CT molecular complexity index is 490. The van der Waals surface area contributed by atoms with Gasteiger partial charge in [-0.15, -0.1) is 0 Å². The van der Waals surface area contributed by atoms with Gasteiger partial charge in [0.2, 0.25) is 0 Å². The number of methoxy groups -OCH3 is 1. The van der Waals surface area contributed by atoms with Crippen LogP contribution in [0.2, 0.25) is 0 Å². The van der Waals surface area contributed by atoms with Gasteiger partial charge < -0.3 is 4.74 Å². The largest absolute Gasteiger partial charge is 0.466 e. The first-order valence-electron chi connectivity index (χ1n) is 4.81. The van der Waals surface area contributed by atoms with Gasteiger partial charge >= 0.3 is 12.1 Å². The maximum atomic E-state index is 12.7. The molecule has 0 aliphatic rings. The van der Waals surface area contributed by atoms with Gasteiger partial charge in [-0.25, -0.2) is 4.79 Å². The van der Waals surface area contributed by atoms with Gasteiger partial charge in [0.1, 0.15) is 6.29 Å². The van der Waals surface area contributed by atoms with Crippen molar-refractivity contribution in [1.29, 1.82) is 0 Å². The first-order valence-corrected chi connectivity index (χ1v) is 4.81. The number of halogens is 3. The zero-order valence-electron chi connectivity index (χ0n) is 9.32. The molecule has 0 amide bonds. The highest BCUT2D eigenvalue weighted by Crippen LogP contribution is 2.33. The molecule has 1 aromatic rings. The molecule has 96 valence electrons. The van der Waals surface area contributed by atoms with Crippen molar-refractivity contribution in [3.8, 4) is 0 Å². The van der Waals surface area contributed by atoms with Crippen LogP contribution in [0.5, 0.6) is 0 Å². The van der Waals surface area contributed by atoms with Gasteiger partial charge in [-0.05, 0) is 17.7 Å². The number of ether oxygens (including phenoxy) is 1. The second-order valence-corrected chi connectivity index (χ2v) is 3.32. The summed E-state index contributed by atoms with van der Waals surface area (Å²) in [5.41, 5.74) is -1.27. The Labute approximate surface area is 101 Å². The molecule has 0 aliphatic heterocycles. The van der Waals surface area contributed by atoms with Crippen LogP contribution in [0.25, 0.3) is 6.08 Å². The van der Waals surface area contributed by atoms with Crippen LogP contribution in [-0.2, 0) is 15.7 Å². The Morgan fingerprint density at radius 3 is 2.50 bits per heavy atom. The van der Waals surface area contributed by atoms with Crippen LogP contribution in [0.3, 0.4) is 0 Å². The quantitative estimate of drug-likeness (QED) is 0.475. The highest BCUT2D eigenvalue weighted by molar-refractivity contribution is 5.87. The van der Waals surface area contributed by atoms with E-state index in [1.54, 1.807) is 0 Å². The summed E-state index contributed by atoms with van der Waals surface area (Å²) in [4.78, 5) is 21.3. The van der Waals surface area contributed by atoms with Crippen molar-refractivity contribution in [2.75, 3.05) is 7.11 Å². The monoisotopic (exact) mass is 258 g/mol. The second-order valence-electron chi connectivity index (χ2n) is 3.32. The zero-order chi connectivity index (χ0) is 13.8. The molecule has 1 rings (SSSR count). The lowest BCUT2D eigenvalue weighted by Gasteiger charge is -2.10. The molecule has 0 N–H and O–H groups in total. The van der Waals surface area contributed by atoms with Gasteiger partial charge in [0.25, 0.3) is 0 Å². The van der Waals surface area contributed by atoms with Gasteiger partial charge in [0.15, 0.2) is 0 Å². The molecule has 0 aliphatic carbocycles. The van der Waals surface area contributed by atoms with E-state index in [1.807, 2.05) is 0 Å². The lowest BCUT2D eigenvalue weighted by Crippen LogP contribution is -2.08. The normalized spacial score (nSPS) is 11.6. The molecule has 0 saturated heterocycles. The molecule has 0 aromatic heterocycles. The van der Waals surface area contributed by atoms with Crippen LogP contribution >= 0.6 is 0 Å². The number of alkyl halides is 3. The third-order valence-electron chi connectivity index (χ3n) is 2.12. The molecule has 0 fully saturated rings. The van der Waals surface area contributed by atoms with Crippen molar-refractivity contribution in [1.82, 2.24) is 0 Å². The zero-order valence-corrected chi connectivity index (χ0v) is 9.32. The van der Waals surface area contributed by atoms with Crippen LogP contribution in [0, 0.1) is 0 Å². The van der Waals surface area contributed by atoms with Crippen LogP contribution < -0.4 is 0 Å². The fourth-order valence-electron chi connectivity index (χ4n) is 1.26. The number of aldehydes is 1. The summed E-state index contributed by atoms with van der Waals surface area (Å²) in [5.74, 6) is -0.761. The van der Waals surface area contributed by atoms with Crippen molar-refractivity contribution in [2.45, 2.75) is 6.18 Å². The van der Waals surface area contributed by atoms with Crippen LogP contribution in [-0.4, -0.2) is 19.4 Å². The number of hydrogen-bond donors (Lipinski definition) is 0. The maximum absolute atomic E-state index is 12.7. The molecule has 0 spiro atoms. The topological polar surface area (TPSA) is 43.4 Å². The smallest absolute Gasteiger partial charge is 0.417 e. The standard InChI is InChI=1S/C12H9F3O3/c1-18-11(17)5-4-9-3-2-8(7-16)6-10(9)12(13,14)15/h2-7H,1H3/b5-4+. The molecule has 3 nitrogen and oxygen atoms in total. The lowest BCUT2D eigenvalue weighted by molar-refractivity contribution is -0.138. The summed E-state index contributed by atoms with van der Waals surface area (Å²) >= 11 is 0. The molecule has 0 saturated carbocycles. The van der Waals surface area contributed by atoms with Crippen molar-refractivity contribution >= 4 is 18.3 Å². The number of esters is 1. The molecule has 0 radical (unpaired) electrons. The molecule has 1 aromatic carbocycles. The fourth-order valence-corrected chi connectivity index (χ4v) is 1.26. The van der Waals surface area contributed by atoms with E-state index in [9.17, 15) is 22.8 Å². The summed E-state index contributed by atoms with van der Waals surface area (Å²) in [6, 6.07) is 3.08. The van der Waals surface area contributed by atoms with Crippen LogP contribution in [0.15, 0.2) is 24.3 Å². The predicted octanol–water partition coefficient (Wildman–Crippen LogP) is 2.70. The van der Waals surface area contributed by atoms with E-state index in [-0.39, 0.29) is 11.1 Å². The Hall–Kier alpha value is -2.11. The van der Waals surface area contributed by atoms with Gasteiger partial charge in [-0.1, -0.05) is 12.1 Å². The summed E-state index contributed by atoms with van der Waals surface area (Å²) < 4.78 is 42.4. The van der Waals surface area contributed by atoms with Crippen LogP contribution in [0.4, 0.5) is 13.2 Å². The molecule has 0 heterocycles. The minimum Gasteiger partial charge on any atom is -0.466 e. The van der Waals surface area contributed by atoms with E-state index in [0.717, 1.165) is 31.4 Å². The Morgan fingerprint density at radius 2 is 2.00 bits per heavy atom. The number of rotatable bonds is 3. The molecule has 0 atom stereocenters. The van der Waals surface area contributed by atoms with E-state index in [2.05, 4.69) is 4.74 Å². The molecule has 0 unspecified atom stereocenters. The Balaban J connectivity index is 3.23. The minimum absolute atomic E-state index is 0.0856. The van der Waals surface area contributed by atoms with Crippen molar-refractivity contribution in [2.24, 2.45) is 0 Å². The average molecular weight is 258 g/mol. The average Bonchev–Trinajstić information content (AvgIpc) is 2.34. The van der Waals surface area contributed by atoms with E-state index >= 15 is 0 Å². The minimum atomic E-state index is -4.60. The second kappa shape index (κ2) is 5.48. The Morgan fingerprint density at radius 1 is 1.33 bits per heavy atom. The molecule has 0 bridgehead atoms. The van der Waals surface area contributed by atoms with Gasteiger partial charge in [-0.3, -0.25) is 4.79 Å². The van der Waals surface area contributed by atoms with Gasteiger partial charge in [-0.2, -0.15) is 13.2 Å². The van der Waals surface area contributed by atoms with Crippen molar-refractivity contribution in [3.63, 3.8) is 0 Å². The van der Waals surface area contributed by atoms with Crippen molar-refractivity contribution < 1.29 is 27.5 Å². The fraction of sp³-hybridized carbons (Fsp3) is 0.167. The Kier molecular flexibility index (Phi) is 4.25. The van der Waals surface area contributed by atoms with Gasteiger partial charge in [0.05, 0.1) is 12.7 Å². The summed E-state index contributed by atoms with van der Waals surface area (Å²) in [6.45, 7) is 0. The highest BCUT2D eigenvalue weighted by atomic mass is 19.4. The number of carbonyl (C=O) groups is 2.